The molecular weight excluding hydrogens is 234 g/mol. The highest BCUT2D eigenvalue weighted by atomic mass is 15.1. The maximum Gasteiger partial charge on any atom is 0.0457 e. The first kappa shape index (κ1) is 11.7. The standard InChI is InChI=1S/C16H17N3/c1-19(14-8-6-13(17)7-9-14)11-12-10-18-16-5-3-2-4-15(12)16/h2-10,18H,11,17H2,1H3. The Morgan fingerprint density at radius 3 is 2.58 bits per heavy atom. The van der Waals surface area contributed by atoms with Crippen LogP contribution in [0.1, 0.15) is 5.56 Å². The number of nitrogens with one attached hydrogen (secondary N) is 1. The molecule has 0 bridgehead atoms. The van der Waals surface area contributed by atoms with Crippen LogP contribution in [0.2, 0.25) is 0 Å². The summed E-state index contributed by atoms with van der Waals surface area (Å²) >= 11 is 0. The number of benzene rings is 2. The molecule has 2 aromatic carbocycles. The van der Waals surface area contributed by atoms with Crippen molar-refractivity contribution in [2.45, 2.75) is 6.54 Å². The molecule has 0 aliphatic heterocycles. The van der Waals surface area contributed by atoms with Gasteiger partial charge in [-0.15, -0.1) is 0 Å². The SMILES string of the molecule is CN(Cc1c[nH]c2ccccc12)c1ccc(N)cc1. The van der Waals surface area contributed by atoms with Gasteiger partial charge in [-0.25, -0.2) is 0 Å². The molecule has 3 rings (SSSR count). The summed E-state index contributed by atoms with van der Waals surface area (Å²) in [6.07, 6.45) is 2.08. The van der Waals surface area contributed by atoms with Gasteiger partial charge < -0.3 is 15.6 Å². The van der Waals surface area contributed by atoms with Gasteiger partial charge >= 0.3 is 0 Å². The highest BCUT2D eigenvalue weighted by molar-refractivity contribution is 5.83. The molecule has 3 nitrogen and oxygen atoms in total. The molecule has 96 valence electrons. The number of anilines is 2. The Kier molecular flexibility index (Phi) is 2.88. The van der Waals surface area contributed by atoms with E-state index in [0.717, 1.165) is 12.2 Å². The van der Waals surface area contributed by atoms with Crippen molar-refractivity contribution in [1.82, 2.24) is 4.98 Å². The summed E-state index contributed by atoms with van der Waals surface area (Å²) in [7, 11) is 2.09. The van der Waals surface area contributed by atoms with Crippen LogP contribution in [0.5, 0.6) is 0 Å². The van der Waals surface area contributed by atoms with Gasteiger partial charge in [-0.05, 0) is 35.9 Å². The lowest BCUT2D eigenvalue weighted by atomic mass is 10.1. The molecule has 0 aliphatic carbocycles. The van der Waals surface area contributed by atoms with E-state index in [0.29, 0.717) is 0 Å². The maximum atomic E-state index is 5.71. The maximum absolute atomic E-state index is 5.71. The summed E-state index contributed by atoms with van der Waals surface area (Å²) in [6, 6.07) is 16.3. The summed E-state index contributed by atoms with van der Waals surface area (Å²) in [4.78, 5) is 5.52. The van der Waals surface area contributed by atoms with E-state index in [9.17, 15) is 0 Å². The van der Waals surface area contributed by atoms with Crippen LogP contribution >= 0.6 is 0 Å². The van der Waals surface area contributed by atoms with Crippen molar-refractivity contribution in [1.29, 1.82) is 0 Å². The summed E-state index contributed by atoms with van der Waals surface area (Å²) in [5.74, 6) is 0. The second-order valence-corrected chi connectivity index (χ2v) is 4.81. The molecule has 1 aromatic heterocycles. The number of hydrogen-bond acceptors (Lipinski definition) is 2. The van der Waals surface area contributed by atoms with Gasteiger partial charge in [-0.1, -0.05) is 18.2 Å². The molecule has 3 aromatic rings. The Balaban J connectivity index is 1.86. The molecule has 1 heterocycles. The van der Waals surface area contributed by atoms with Crippen LogP contribution in [0.4, 0.5) is 11.4 Å². The van der Waals surface area contributed by atoms with E-state index in [1.807, 2.05) is 30.3 Å². The summed E-state index contributed by atoms with van der Waals surface area (Å²) < 4.78 is 0. The topological polar surface area (TPSA) is 45.0 Å². The second kappa shape index (κ2) is 4.69. The van der Waals surface area contributed by atoms with Crippen LogP contribution in [0, 0.1) is 0 Å². The van der Waals surface area contributed by atoms with E-state index >= 15 is 0 Å². The fourth-order valence-electron chi connectivity index (χ4n) is 2.34. The van der Waals surface area contributed by atoms with Gasteiger partial charge in [0, 0.05) is 42.1 Å². The fourth-order valence-corrected chi connectivity index (χ4v) is 2.34. The number of hydrogen-bond donors (Lipinski definition) is 2. The molecule has 3 heteroatoms. The lowest BCUT2D eigenvalue weighted by Crippen LogP contribution is -2.15. The van der Waals surface area contributed by atoms with Gasteiger partial charge in [0.2, 0.25) is 0 Å². The highest BCUT2D eigenvalue weighted by Crippen LogP contribution is 2.22. The number of para-hydroxylation sites is 1. The first-order valence-corrected chi connectivity index (χ1v) is 6.36. The smallest absolute Gasteiger partial charge is 0.0457 e. The predicted molar refractivity (Wildman–Crippen MR) is 81.3 cm³/mol. The minimum absolute atomic E-state index is 0.796. The van der Waals surface area contributed by atoms with Crippen molar-refractivity contribution < 1.29 is 0 Å². The van der Waals surface area contributed by atoms with Crippen molar-refractivity contribution in [3.63, 3.8) is 0 Å². The Morgan fingerprint density at radius 2 is 1.79 bits per heavy atom. The van der Waals surface area contributed by atoms with Crippen LogP contribution in [-0.4, -0.2) is 12.0 Å². The quantitative estimate of drug-likeness (QED) is 0.701. The molecule has 0 atom stereocenters. The van der Waals surface area contributed by atoms with Gasteiger partial charge in [0.25, 0.3) is 0 Å². The van der Waals surface area contributed by atoms with E-state index in [1.54, 1.807) is 0 Å². The largest absolute Gasteiger partial charge is 0.399 e. The van der Waals surface area contributed by atoms with E-state index in [-0.39, 0.29) is 0 Å². The third-order valence-electron chi connectivity index (χ3n) is 3.42. The van der Waals surface area contributed by atoms with Crippen molar-refractivity contribution in [2.24, 2.45) is 0 Å². The first-order valence-electron chi connectivity index (χ1n) is 6.36. The van der Waals surface area contributed by atoms with E-state index in [1.165, 1.54) is 22.2 Å². The van der Waals surface area contributed by atoms with Crippen LogP contribution in [0.15, 0.2) is 54.7 Å². The third kappa shape index (κ3) is 2.27. The van der Waals surface area contributed by atoms with Crippen molar-refractivity contribution >= 4 is 22.3 Å². The predicted octanol–water partition coefficient (Wildman–Crippen LogP) is 3.39. The number of H-pyrrole nitrogens is 1. The number of aromatic nitrogens is 1. The summed E-state index contributed by atoms with van der Waals surface area (Å²) in [5, 5.41) is 1.28. The monoisotopic (exact) mass is 251 g/mol. The number of rotatable bonds is 3. The minimum atomic E-state index is 0.796. The van der Waals surface area contributed by atoms with Crippen molar-refractivity contribution in [3.8, 4) is 0 Å². The Labute approximate surface area is 112 Å². The van der Waals surface area contributed by atoms with Gasteiger partial charge in [-0.3, -0.25) is 0 Å². The van der Waals surface area contributed by atoms with E-state index in [2.05, 4.69) is 41.3 Å². The molecule has 0 amide bonds. The van der Waals surface area contributed by atoms with Gasteiger partial charge in [0.15, 0.2) is 0 Å². The minimum Gasteiger partial charge on any atom is -0.399 e. The number of nitrogens with two attached hydrogens (primary N) is 1. The second-order valence-electron chi connectivity index (χ2n) is 4.81. The van der Waals surface area contributed by atoms with Gasteiger partial charge in [0.1, 0.15) is 0 Å². The first-order chi connectivity index (χ1) is 9.24. The fraction of sp³-hybridized carbons (Fsp3) is 0.125. The van der Waals surface area contributed by atoms with Gasteiger partial charge in [0.05, 0.1) is 0 Å². The van der Waals surface area contributed by atoms with Crippen LogP contribution in [0.25, 0.3) is 10.9 Å². The Bertz CT molecular complexity index is 683. The summed E-state index contributed by atoms with van der Waals surface area (Å²) in [5.41, 5.74) is 10.2. The lowest BCUT2D eigenvalue weighted by molar-refractivity contribution is 0.930. The molecule has 0 saturated heterocycles. The zero-order valence-corrected chi connectivity index (χ0v) is 10.9. The van der Waals surface area contributed by atoms with Crippen molar-refractivity contribution in [2.75, 3.05) is 17.7 Å². The number of fused-ring (bicyclic) bond motifs is 1. The number of nitrogens with zero attached hydrogens (tertiary/aromatic N) is 1. The molecule has 0 saturated carbocycles. The molecule has 3 N–H and O–H groups in total. The zero-order valence-electron chi connectivity index (χ0n) is 10.9. The molecule has 0 spiro atoms. The normalized spacial score (nSPS) is 10.8. The van der Waals surface area contributed by atoms with Crippen LogP contribution in [-0.2, 0) is 6.54 Å². The molecule has 0 radical (unpaired) electrons. The molecule has 0 unspecified atom stereocenters. The van der Waals surface area contributed by atoms with E-state index in [4.69, 9.17) is 5.73 Å². The average molecular weight is 251 g/mol. The molecule has 0 aliphatic rings. The molecule has 0 fully saturated rings. The Morgan fingerprint density at radius 1 is 1.05 bits per heavy atom. The van der Waals surface area contributed by atoms with Gasteiger partial charge in [-0.2, -0.15) is 0 Å². The highest BCUT2D eigenvalue weighted by Gasteiger charge is 2.06. The van der Waals surface area contributed by atoms with Crippen LogP contribution in [0.3, 0.4) is 0 Å². The number of nitrogen functional groups attached to an aromatic ring is 1. The average Bonchev–Trinajstić information content (AvgIpc) is 2.83. The van der Waals surface area contributed by atoms with E-state index < -0.39 is 0 Å². The number of aromatic amines is 1. The van der Waals surface area contributed by atoms with Crippen molar-refractivity contribution in [3.05, 3.63) is 60.3 Å². The third-order valence-corrected chi connectivity index (χ3v) is 3.42. The van der Waals surface area contributed by atoms with Crippen LogP contribution < -0.4 is 10.6 Å². The lowest BCUT2D eigenvalue weighted by Gasteiger charge is -2.19. The zero-order chi connectivity index (χ0) is 13.2. The molecular formula is C16H17N3. The molecule has 19 heavy (non-hydrogen) atoms. The Hall–Kier alpha value is -2.42. The summed E-state index contributed by atoms with van der Waals surface area (Å²) in [6.45, 7) is 0.869.